The van der Waals surface area contributed by atoms with E-state index in [4.69, 9.17) is 11.6 Å². The van der Waals surface area contributed by atoms with E-state index in [-0.39, 0.29) is 11.7 Å². The first-order valence-electron chi connectivity index (χ1n) is 8.25. The first-order valence-corrected chi connectivity index (χ1v) is 9.61. The summed E-state index contributed by atoms with van der Waals surface area (Å²) in [6, 6.07) is 14.2. The number of hydrogen-bond acceptors (Lipinski definition) is 6. The van der Waals surface area contributed by atoms with Crippen molar-refractivity contribution >= 4 is 40.9 Å². The summed E-state index contributed by atoms with van der Waals surface area (Å²) in [6.07, 6.45) is 0. The van der Waals surface area contributed by atoms with Crippen molar-refractivity contribution in [1.29, 1.82) is 0 Å². The maximum atomic E-state index is 12.3. The van der Waals surface area contributed by atoms with Gasteiger partial charge in [0.25, 0.3) is 0 Å². The predicted octanol–water partition coefficient (Wildman–Crippen LogP) is 3.65. The molecule has 0 saturated heterocycles. The smallest absolute Gasteiger partial charge is 0.337 e. The third-order valence-electron chi connectivity index (χ3n) is 3.86. The Kier molecular flexibility index (Phi) is 6.33. The third-order valence-corrected chi connectivity index (χ3v) is 5.21. The fraction of sp³-hybridized carbons (Fsp3) is 0.158. The molecule has 0 aliphatic carbocycles. The van der Waals surface area contributed by atoms with Crippen LogP contribution >= 0.6 is 23.4 Å². The van der Waals surface area contributed by atoms with Crippen molar-refractivity contribution in [2.75, 3.05) is 18.2 Å². The molecule has 2 aromatic carbocycles. The molecule has 1 N–H and O–H groups in total. The van der Waals surface area contributed by atoms with Crippen molar-refractivity contribution in [1.82, 2.24) is 14.8 Å². The van der Waals surface area contributed by atoms with Gasteiger partial charge in [-0.15, -0.1) is 10.2 Å². The lowest BCUT2D eigenvalue weighted by Crippen LogP contribution is -2.15. The number of nitrogens with one attached hydrogen (secondary N) is 1. The summed E-state index contributed by atoms with van der Waals surface area (Å²) in [5.41, 5.74) is 1.59. The van der Waals surface area contributed by atoms with Crippen LogP contribution in [0.5, 0.6) is 0 Å². The van der Waals surface area contributed by atoms with Crippen LogP contribution in [0.15, 0.2) is 53.7 Å². The number of aromatic nitrogens is 3. The van der Waals surface area contributed by atoms with E-state index < -0.39 is 5.97 Å². The zero-order valence-electron chi connectivity index (χ0n) is 15.2. The average molecular weight is 417 g/mol. The Morgan fingerprint density at radius 3 is 2.64 bits per heavy atom. The first kappa shape index (κ1) is 19.9. The standard InChI is InChI=1S/C19H17ClN4O3S/c1-24-17(12-6-4-3-5-7-12)22-23-19(24)28-11-16(25)21-15-10-13(18(26)27-2)8-9-14(15)20/h3-10H,11H2,1-2H3,(H,21,25). The molecule has 3 aromatic rings. The third kappa shape index (κ3) is 4.52. The van der Waals surface area contributed by atoms with Crippen LogP contribution in [0.1, 0.15) is 10.4 Å². The van der Waals surface area contributed by atoms with Gasteiger partial charge in [0.1, 0.15) is 0 Å². The average Bonchev–Trinajstić information content (AvgIpc) is 3.08. The molecule has 0 fully saturated rings. The first-order chi connectivity index (χ1) is 13.5. The van der Waals surface area contributed by atoms with Gasteiger partial charge in [0, 0.05) is 12.6 Å². The summed E-state index contributed by atoms with van der Waals surface area (Å²) >= 11 is 7.35. The zero-order valence-corrected chi connectivity index (χ0v) is 16.8. The van der Waals surface area contributed by atoms with E-state index in [0.717, 1.165) is 11.4 Å². The van der Waals surface area contributed by atoms with Crippen molar-refractivity contribution in [3.05, 3.63) is 59.1 Å². The molecule has 0 aliphatic rings. The summed E-state index contributed by atoms with van der Waals surface area (Å²) in [6.45, 7) is 0. The van der Waals surface area contributed by atoms with E-state index >= 15 is 0 Å². The number of methoxy groups -OCH3 is 1. The number of esters is 1. The van der Waals surface area contributed by atoms with Gasteiger partial charge in [-0.2, -0.15) is 0 Å². The molecule has 0 atom stereocenters. The number of carbonyl (C=O) groups excluding carboxylic acids is 2. The maximum absolute atomic E-state index is 12.3. The second kappa shape index (κ2) is 8.90. The zero-order chi connectivity index (χ0) is 20.1. The Bertz CT molecular complexity index is 1010. The van der Waals surface area contributed by atoms with Crippen LogP contribution in [-0.2, 0) is 16.6 Å². The molecule has 0 bridgehead atoms. The van der Waals surface area contributed by atoms with Crippen LogP contribution in [0.25, 0.3) is 11.4 Å². The van der Waals surface area contributed by atoms with Crippen molar-refractivity contribution in [3.63, 3.8) is 0 Å². The molecule has 144 valence electrons. The number of rotatable bonds is 6. The number of thioether (sulfide) groups is 1. The molecule has 7 nitrogen and oxygen atoms in total. The molecule has 0 saturated carbocycles. The Hall–Kier alpha value is -2.84. The van der Waals surface area contributed by atoms with Gasteiger partial charge in [0.15, 0.2) is 11.0 Å². The fourth-order valence-corrected chi connectivity index (χ4v) is 3.34. The molecule has 28 heavy (non-hydrogen) atoms. The van der Waals surface area contributed by atoms with Gasteiger partial charge in [0.2, 0.25) is 5.91 Å². The van der Waals surface area contributed by atoms with E-state index in [0.29, 0.717) is 21.4 Å². The molecule has 0 aliphatic heterocycles. The van der Waals surface area contributed by atoms with E-state index in [9.17, 15) is 9.59 Å². The van der Waals surface area contributed by atoms with Crippen LogP contribution in [0.2, 0.25) is 5.02 Å². The summed E-state index contributed by atoms with van der Waals surface area (Å²) in [5.74, 6) is 0.0455. The lowest BCUT2D eigenvalue weighted by atomic mass is 10.2. The highest BCUT2D eigenvalue weighted by Crippen LogP contribution is 2.25. The Balaban J connectivity index is 1.66. The molecular weight excluding hydrogens is 400 g/mol. The van der Waals surface area contributed by atoms with E-state index in [2.05, 4.69) is 20.3 Å². The highest BCUT2D eigenvalue weighted by molar-refractivity contribution is 7.99. The molecule has 1 amide bonds. The Morgan fingerprint density at radius 2 is 1.93 bits per heavy atom. The van der Waals surface area contributed by atoms with Crippen LogP contribution in [0.4, 0.5) is 5.69 Å². The molecule has 0 radical (unpaired) electrons. The summed E-state index contributed by atoms with van der Waals surface area (Å²) in [4.78, 5) is 23.9. The predicted molar refractivity (Wildman–Crippen MR) is 109 cm³/mol. The van der Waals surface area contributed by atoms with Crippen LogP contribution in [0, 0.1) is 0 Å². The summed E-state index contributed by atoms with van der Waals surface area (Å²) < 4.78 is 6.51. The normalized spacial score (nSPS) is 10.5. The van der Waals surface area contributed by atoms with Crippen LogP contribution in [-0.4, -0.2) is 39.5 Å². The number of ether oxygens (including phenoxy) is 1. The quantitative estimate of drug-likeness (QED) is 0.487. The van der Waals surface area contributed by atoms with Crippen molar-refractivity contribution in [2.45, 2.75) is 5.16 Å². The minimum Gasteiger partial charge on any atom is -0.465 e. The molecule has 0 spiro atoms. The molecule has 9 heteroatoms. The highest BCUT2D eigenvalue weighted by Gasteiger charge is 2.15. The van der Waals surface area contributed by atoms with E-state index in [1.165, 1.54) is 37.1 Å². The monoisotopic (exact) mass is 416 g/mol. The summed E-state index contributed by atoms with van der Waals surface area (Å²) in [5, 5.41) is 12.0. The SMILES string of the molecule is COC(=O)c1ccc(Cl)c(NC(=O)CSc2nnc(-c3ccccc3)n2C)c1. The Morgan fingerprint density at radius 1 is 1.18 bits per heavy atom. The minimum atomic E-state index is -0.505. The second-order valence-electron chi connectivity index (χ2n) is 5.75. The number of halogens is 1. The van der Waals surface area contributed by atoms with Crippen molar-refractivity contribution in [3.8, 4) is 11.4 Å². The van der Waals surface area contributed by atoms with Gasteiger partial charge in [-0.1, -0.05) is 53.7 Å². The summed E-state index contributed by atoms with van der Waals surface area (Å²) in [7, 11) is 3.13. The number of benzene rings is 2. The minimum absolute atomic E-state index is 0.111. The van der Waals surface area contributed by atoms with Crippen molar-refractivity contribution < 1.29 is 14.3 Å². The van der Waals surface area contributed by atoms with Gasteiger partial charge in [-0.3, -0.25) is 4.79 Å². The molecule has 1 heterocycles. The van der Waals surface area contributed by atoms with Crippen LogP contribution in [0.3, 0.4) is 0 Å². The van der Waals surface area contributed by atoms with Gasteiger partial charge in [-0.25, -0.2) is 4.79 Å². The van der Waals surface area contributed by atoms with Gasteiger partial charge in [0.05, 0.1) is 29.1 Å². The largest absolute Gasteiger partial charge is 0.465 e. The maximum Gasteiger partial charge on any atom is 0.337 e. The van der Waals surface area contributed by atoms with Crippen LogP contribution < -0.4 is 5.32 Å². The molecule has 1 aromatic heterocycles. The number of hydrogen-bond donors (Lipinski definition) is 1. The topological polar surface area (TPSA) is 86.1 Å². The highest BCUT2D eigenvalue weighted by atomic mass is 35.5. The number of anilines is 1. The molecule has 0 unspecified atom stereocenters. The fourth-order valence-electron chi connectivity index (χ4n) is 2.46. The van der Waals surface area contributed by atoms with Gasteiger partial charge < -0.3 is 14.6 Å². The number of amides is 1. The van der Waals surface area contributed by atoms with Gasteiger partial charge in [-0.05, 0) is 18.2 Å². The van der Waals surface area contributed by atoms with E-state index in [1.54, 1.807) is 0 Å². The lowest BCUT2D eigenvalue weighted by Gasteiger charge is -2.09. The Labute approximate surface area is 171 Å². The second-order valence-corrected chi connectivity index (χ2v) is 7.10. The lowest BCUT2D eigenvalue weighted by molar-refractivity contribution is -0.113. The van der Waals surface area contributed by atoms with Crippen molar-refractivity contribution in [2.24, 2.45) is 7.05 Å². The molecular formula is C19H17ClN4O3S. The molecule has 3 rings (SSSR count). The number of carbonyl (C=O) groups is 2. The van der Waals surface area contributed by atoms with E-state index in [1.807, 2.05) is 41.9 Å². The van der Waals surface area contributed by atoms with Gasteiger partial charge >= 0.3 is 5.97 Å². The number of nitrogens with zero attached hydrogens (tertiary/aromatic N) is 3.